The number of hydrogen-bond donors (Lipinski definition) is 1. The molecule has 1 N–H and O–H groups in total. The van der Waals surface area contributed by atoms with Crippen LogP contribution in [0.25, 0.3) is 0 Å². The Hall–Kier alpha value is -1.76. The number of nitrogens with one attached hydrogen (secondary N) is 1. The van der Waals surface area contributed by atoms with Gasteiger partial charge in [0.25, 0.3) is 0 Å². The largest absolute Gasteiger partial charge is 0.378 e. The number of hydrogen-bond acceptors (Lipinski definition) is 4. The molecule has 5 nitrogen and oxygen atoms in total. The molecular formula is C18H21ClN2O3S. The molecule has 0 aromatic heterocycles. The molecule has 0 bridgehead atoms. The second kappa shape index (κ2) is 7.64. The zero-order chi connectivity index (χ0) is 17.9. The molecule has 1 fully saturated rings. The van der Waals surface area contributed by atoms with Crippen molar-refractivity contribution in [3.8, 4) is 0 Å². The summed E-state index contributed by atoms with van der Waals surface area (Å²) in [5, 5.41) is 0.379. The number of morpholine rings is 1. The topological polar surface area (TPSA) is 58.6 Å². The van der Waals surface area contributed by atoms with Gasteiger partial charge in [0.2, 0.25) is 10.0 Å². The van der Waals surface area contributed by atoms with Gasteiger partial charge in [0.1, 0.15) is 0 Å². The Morgan fingerprint density at radius 3 is 2.48 bits per heavy atom. The lowest BCUT2D eigenvalue weighted by atomic mass is 10.2. The minimum Gasteiger partial charge on any atom is -0.378 e. The van der Waals surface area contributed by atoms with Crippen LogP contribution in [0.4, 0.5) is 11.4 Å². The van der Waals surface area contributed by atoms with Crippen molar-refractivity contribution >= 4 is 33.0 Å². The molecule has 1 aliphatic heterocycles. The van der Waals surface area contributed by atoms with Gasteiger partial charge in [0.15, 0.2) is 0 Å². The molecule has 0 unspecified atom stereocenters. The van der Waals surface area contributed by atoms with Crippen LogP contribution in [0.1, 0.15) is 11.1 Å². The van der Waals surface area contributed by atoms with Gasteiger partial charge in [-0.25, -0.2) is 8.42 Å². The average Bonchev–Trinajstić information content (AvgIpc) is 2.59. The Morgan fingerprint density at radius 2 is 1.80 bits per heavy atom. The van der Waals surface area contributed by atoms with Crippen molar-refractivity contribution in [2.75, 3.05) is 35.9 Å². The Morgan fingerprint density at radius 1 is 1.12 bits per heavy atom. The van der Waals surface area contributed by atoms with Crippen molar-refractivity contribution < 1.29 is 13.2 Å². The van der Waals surface area contributed by atoms with Gasteiger partial charge >= 0.3 is 0 Å². The molecule has 1 heterocycles. The standard InChI is InChI=1S/C18H21ClN2O3S/c1-14-2-4-15(5-3-14)13-25(22,23)20-18-12-16(6-7-17(18)19)21-8-10-24-11-9-21/h2-7,12,20H,8-11,13H2,1H3. The lowest BCUT2D eigenvalue weighted by Gasteiger charge is -2.29. The third-order valence-corrected chi connectivity index (χ3v) is 5.64. The monoisotopic (exact) mass is 380 g/mol. The number of benzene rings is 2. The second-order valence-corrected chi connectivity index (χ2v) is 8.24. The summed E-state index contributed by atoms with van der Waals surface area (Å²) in [4.78, 5) is 2.15. The minimum absolute atomic E-state index is 0.0919. The lowest BCUT2D eigenvalue weighted by Crippen LogP contribution is -2.36. The summed E-state index contributed by atoms with van der Waals surface area (Å²) in [7, 11) is -3.55. The van der Waals surface area contributed by atoms with Gasteiger partial charge in [-0.05, 0) is 30.7 Å². The Balaban J connectivity index is 1.77. The first-order valence-corrected chi connectivity index (χ1v) is 10.1. The Labute approximate surface area is 153 Å². The van der Waals surface area contributed by atoms with Gasteiger partial charge in [0.05, 0.1) is 29.7 Å². The summed E-state index contributed by atoms with van der Waals surface area (Å²) in [6.45, 7) is 4.84. The van der Waals surface area contributed by atoms with E-state index in [0.717, 1.165) is 29.9 Å². The Kier molecular flexibility index (Phi) is 5.51. The van der Waals surface area contributed by atoms with E-state index in [2.05, 4.69) is 9.62 Å². The molecule has 2 aromatic carbocycles. The molecule has 0 aliphatic carbocycles. The zero-order valence-corrected chi connectivity index (χ0v) is 15.6. The molecule has 7 heteroatoms. The Bertz CT molecular complexity index is 832. The van der Waals surface area contributed by atoms with E-state index < -0.39 is 10.0 Å². The van der Waals surface area contributed by atoms with E-state index in [9.17, 15) is 8.42 Å². The predicted molar refractivity (Wildman–Crippen MR) is 102 cm³/mol. The molecule has 1 aliphatic rings. The average molecular weight is 381 g/mol. The fourth-order valence-electron chi connectivity index (χ4n) is 2.72. The van der Waals surface area contributed by atoms with Crippen molar-refractivity contribution in [2.24, 2.45) is 0 Å². The normalized spacial score (nSPS) is 15.2. The number of ether oxygens (including phenoxy) is 1. The lowest BCUT2D eigenvalue weighted by molar-refractivity contribution is 0.122. The van der Waals surface area contributed by atoms with Crippen LogP contribution in [0.2, 0.25) is 5.02 Å². The van der Waals surface area contributed by atoms with Crippen LogP contribution in [-0.4, -0.2) is 34.7 Å². The van der Waals surface area contributed by atoms with Crippen LogP contribution in [0.3, 0.4) is 0 Å². The molecule has 25 heavy (non-hydrogen) atoms. The van der Waals surface area contributed by atoms with E-state index in [1.165, 1.54) is 0 Å². The van der Waals surface area contributed by atoms with Gasteiger partial charge in [0, 0.05) is 18.8 Å². The van der Waals surface area contributed by atoms with E-state index in [4.69, 9.17) is 16.3 Å². The van der Waals surface area contributed by atoms with E-state index in [0.29, 0.717) is 23.9 Å². The van der Waals surface area contributed by atoms with E-state index in [1.54, 1.807) is 12.1 Å². The molecule has 0 saturated carbocycles. The van der Waals surface area contributed by atoms with Gasteiger partial charge in [-0.1, -0.05) is 41.4 Å². The molecule has 3 rings (SSSR count). The SMILES string of the molecule is Cc1ccc(CS(=O)(=O)Nc2cc(N3CCOCC3)ccc2Cl)cc1. The van der Waals surface area contributed by atoms with Gasteiger partial charge in [-0.2, -0.15) is 0 Å². The third kappa shape index (κ3) is 4.87. The maximum absolute atomic E-state index is 12.5. The number of aryl methyl sites for hydroxylation is 1. The molecule has 0 radical (unpaired) electrons. The highest BCUT2D eigenvalue weighted by Gasteiger charge is 2.17. The molecular weight excluding hydrogens is 360 g/mol. The third-order valence-electron chi connectivity index (χ3n) is 4.07. The van der Waals surface area contributed by atoms with Crippen LogP contribution in [0.5, 0.6) is 0 Å². The first-order chi connectivity index (χ1) is 11.9. The summed E-state index contributed by atoms with van der Waals surface area (Å²) in [6, 6.07) is 12.8. The highest BCUT2D eigenvalue weighted by atomic mass is 35.5. The van der Waals surface area contributed by atoms with Crippen molar-refractivity contribution in [1.29, 1.82) is 0 Å². The molecule has 2 aromatic rings. The summed E-state index contributed by atoms with van der Waals surface area (Å²) in [6.07, 6.45) is 0. The van der Waals surface area contributed by atoms with Gasteiger partial charge in [-0.3, -0.25) is 4.72 Å². The number of anilines is 2. The maximum Gasteiger partial charge on any atom is 0.236 e. The predicted octanol–water partition coefficient (Wildman–Crippen LogP) is 3.43. The van der Waals surface area contributed by atoms with Crippen LogP contribution in [-0.2, 0) is 20.5 Å². The highest BCUT2D eigenvalue weighted by molar-refractivity contribution is 7.91. The number of halogens is 1. The van der Waals surface area contributed by atoms with Crippen molar-refractivity contribution in [2.45, 2.75) is 12.7 Å². The van der Waals surface area contributed by atoms with E-state index >= 15 is 0 Å². The zero-order valence-electron chi connectivity index (χ0n) is 14.0. The summed E-state index contributed by atoms with van der Waals surface area (Å²) >= 11 is 6.19. The first-order valence-electron chi connectivity index (χ1n) is 8.11. The fourth-order valence-corrected chi connectivity index (χ4v) is 4.15. The van der Waals surface area contributed by atoms with Crippen molar-refractivity contribution in [3.05, 3.63) is 58.6 Å². The van der Waals surface area contributed by atoms with E-state index in [1.807, 2.05) is 37.3 Å². The van der Waals surface area contributed by atoms with Crippen LogP contribution < -0.4 is 9.62 Å². The highest BCUT2D eigenvalue weighted by Crippen LogP contribution is 2.29. The first kappa shape index (κ1) is 18.0. The summed E-state index contributed by atoms with van der Waals surface area (Å²) in [5.74, 6) is -0.0919. The summed E-state index contributed by atoms with van der Waals surface area (Å²) in [5.41, 5.74) is 3.16. The smallest absolute Gasteiger partial charge is 0.236 e. The molecule has 0 atom stereocenters. The maximum atomic E-state index is 12.5. The molecule has 134 valence electrons. The molecule has 0 amide bonds. The van der Waals surface area contributed by atoms with Crippen LogP contribution in [0.15, 0.2) is 42.5 Å². The van der Waals surface area contributed by atoms with Crippen LogP contribution in [0, 0.1) is 6.92 Å². The quantitative estimate of drug-likeness (QED) is 0.863. The fraction of sp³-hybridized carbons (Fsp3) is 0.333. The van der Waals surface area contributed by atoms with Gasteiger partial charge < -0.3 is 9.64 Å². The van der Waals surface area contributed by atoms with Crippen molar-refractivity contribution in [1.82, 2.24) is 0 Å². The number of sulfonamides is 1. The molecule has 1 saturated heterocycles. The number of nitrogens with zero attached hydrogens (tertiary/aromatic N) is 1. The second-order valence-electron chi connectivity index (χ2n) is 6.11. The van der Waals surface area contributed by atoms with Gasteiger partial charge in [-0.15, -0.1) is 0 Å². The summed E-state index contributed by atoms with van der Waals surface area (Å²) < 4.78 is 32.9. The van der Waals surface area contributed by atoms with Crippen molar-refractivity contribution in [3.63, 3.8) is 0 Å². The number of rotatable bonds is 5. The molecule has 0 spiro atoms. The minimum atomic E-state index is -3.55. The van der Waals surface area contributed by atoms with Crippen LogP contribution >= 0.6 is 11.6 Å². The van der Waals surface area contributed by atoms with E-state index in [-0.39, 0.29) is 5.75 Å².